The molecule has 78 valence electrons. The van der Waals surface area contributed by atoms with Crippen LogP contribution < -0.4 is 0 Å². The normalized spacial score (nSPS) is 14.1. The molecule has 0 radical (unpaired) electrons. The van der Waals surface area contributed by atoms with Crippen molar-refractivity contribution in [2.24, 2.45) is 0 Å². The molecular formula is C8H5Cl2F3O. The number of aliphatic hydroxyl groups excluding tert-OH is 1. The van der Waals surface area contributed by atoms with Gasteiger partial charge in [0.25, 0.3) is 0 Å². The highest BCUT2D eigenvalue weighted by molar-refractivity contribution is 6.42. The Balaban J connectivity index is 3.03. The van der Waals surface area contributed by atoms with E-state index in [1.54, 1.807) is 0 Å². The molecule has 1 aromatic carbocycles. The van der Waals surface area contributed by atoms with E-state index in [0.717, 1.165) is 12.1 Å². The van der Waals surface area contributed by atoms with Gasteiger partial charge in [0.2, 0.25) is 0 Å². The van der Waals surface area contributed by atoms with Crippen LogP contribution in [0, 0.1) is 0 Å². The van der Waals surface area contributed by atoms with Crippen LogP contribution in [-0.2, 0) is 0 Å². The molecule has 1 aromatic rings. The lowest BCUT2D eigenvalue weighted by Gasteiger charge is -2.14. The monoisotopic (exact) mass is 244 g/mol. The lowest BCUT2D eigenvalue weighted by atomic mass is 10.1. The maximum atomic E-state index is 12.0. The second-order valence-corrected chi connectivity index (χ2v) is 3.43. The van der Waals surface area contributed by atoms with E-state index < -0.39 is 12.3 Å². The zero-order chi connectivity index (χ0) is 10.9. The Labute approximate surface area is 88.1 Å². The molecule has 0 aliphatic rings. The fourth-order valence-corrected chi connectivity index (χ4v) is 1.18. The predicted octanol–water partition coefficient (Wildman–Crippen LogP) is 3.59. The van der Waals surface area contributed by atoms with Crippen molar-refractivity contribution in [3.05, 3.63) is 33.8 Å². The quantitative estimate of drug-likeness (QED) is 0.801. The van der Waals surface area contributed by atoms with Gasteiger partial charge >= 0.3 is 6.18 Å². The molecule has 14 heavy (non-hydrogen) atoms. The Hall–Kier alpha value is -0.450. The number of benzene rings is 1. The molecular weight excluding hydrogens is 240 g/mol. The zero-order valence-corrected chi connectivity index (χ0v) is 8.16. The van der Waals surface area contributed by atoms with E-state index in [1.165, 1.54) is 6.07 Å². The van der Waals surface area contributed by atoms with E-state index in [0.29, 0.717) is 0 Å². The molecule has 1 rings (SSSR count). The summed E-state index contributed by atoms with van der Waals surface area (Å²) < 4.78 is 36.1. The summed E-state index contributed by atoms with van der Waals surface area (Å²) in [7, 11) is 0. The molecule has 0 saturated carbocycles. The van der Waals surface area contributed by atoms with E-state index in [-0.39, 0.29) is 15.6 Å². The highest BCUT2D eigenvalue weighted by Gasteiger charge is 2.39. The molecule has 1 unspecified atom stereocenters. The molecule has 1 nitrogen and oxygen atoms in total. The first-order valence-corrected chi connectivity index (χ1v) is 4.27. The Morgan fingerprint density at radius 3 is 2.14 bits per heavy atom. The highest BCUT2D eigenvalue weighted by Crippen LogP contribution is 2.34. The Morgan fingerprint density at radius 1 is 1.14 bits per heavy atom. The van der Waals surface area contributed by atoms with Gasteiger partial charge in [-0.3, -0.25) is 0 Å². The van der Waals surface area contributed by atoms with Crippen molar-refractivity contribution < 1.29 is 18.3 Å². The molecule has 6 heteroatoms. The molecule has 0 bridgehead atoms. The maximum absolute atomic E-state index is 12.0. The van der Waals surface area contributed by atoms with Crippen LogP contribution in [0.1, 0.15) is 11.7 Å². The number of aliphatic hydroxyl groups is 1. The van der Waals surface area contributed by atoms with Crippen molar-refractivity contribution in [3.63, 3.8) is 0 Å². The summed E-state index contributed by atoms with van der Waals surface area (Å²) >= 11 is 11.0. The predicted molar refractivity (Wildman–Crippen MR) is 47.5 cm³/mol. The van der Waals surface area contributed by atoms with Crippen LogP contribution in [0.25, 0.3) is 0 Å². The highest BCUT2D eigenvalue weighted by atomic mass is 35.5. The second-order valence-electron chi connectivity index (χ2n) is 2.62. The number of hydrogen-bond acceptors (Lipinski definition) is 1. The largest absolute Gasteiger partial charge is 0.418 e. The SMILES string of the molecule is OC(c1ccc(Cl)c(Cl)c1)C(F)(F)F. The third-order valence-corrected chi connectivity index (χ3v) is 2.31. The summed E-state index contributed by atoms with van der Waals surface area (Å²) in [5, 5.41) is 8.97. The number of rotatable bonds is 1. The summed E-state index contributed by atoms with van der Waals surface area (Å²) in [4.78, 5) is 0. The first kappa shape index (κ1) is 11.6. The van der Waals surface area contributed by atoms with E-state index in [9.17, 15) is 13.2 Å². The molecule has 1 atom stereocenters. The fourth-order valence-electron chi connectivity index (χ4n) is 0.871. The maximum Gasteiger partial charge on any atom is 0.418 e. The summed E-state index contributed by atoms with van der Waals surface area (Å²) in [5.74, 6) is 0. The minimum Gasteiger partial charge on any atom is -0.379 e. The fraction of sp³-hybridized carbons (Fsp3) is 0.250. The molecule has 1 N–H and O–H groups in total. The van der Waals surface area contributed by atoms with Crippen molar-refractivity contribution >= 4 is 23.2 Å². The number of halogens is 5. The zero-order valence-electron chi connectivity index (χ0n) is 6.65. The van der Waals surface area contributed by atoms with E-state index >= 15 is 0 Å². The van der Waals surface area contributed by atoms with Crippen LogP contribution in [0.3, 0.4) is 0 Å². The molecule has 0 spiro atoms. The number of hydrogen-bond donors (Lipinski definition) is 1. The third-order valence-electron chi connectivity index (χ3n) is 1.57. The van der Waals surface area contributed by atoms with Gasteiger partial charge < -0.3 is 5.11 Å². The molecule has 0 aromatic heterocycles. The van der Waals surface area contributed by atoms with Crippen molar-refractivity contribution in [1.29, 1.82) is 0 Å². The van der Waals surface area contributed by atoms with Gasteiger partial charge in [-0.1, -0.05) is 29.3 Å². The lowest BCUT2D eigenvalue weighted by Crippen LogP contribution is -2.20. The van der Waals surface area contributed by atoms with Crippen LogP contribution in [0.15, 0.2) is 18.2 Å². The minimum atomic E-state index is -4.70. The van der Waals surface area contributed by atoms with Gasteiger partial charge in [-0.25, -0.2) is 0 Å². The summed E-state index contributed by atoms with van der Waals surface area (Å²) in [5.41, 5.74) is -0.327. The van der Waals surface area contributed by atoms with Gasteiger partial charge in [0, 0.05) is 0 Å². The molecule has 0 aliphatic heterocycles. The van der Waals surface area contributed by atoms with Gasteiger partial charge in [-0.2, -0.15) is 13.2 Å². The average molecular weight is 245 g/mol. The Bertz CT molecular complexity index is 338. The third kappa shape index (κ3) is 2.53. The standard InChI is InChI=1S/C8H5Cl2F3O/c9-5-2-1-4(3-6(5)10)7(14)8(11,12)13/h1-3,7,14H. The average Bonchev–Trinajstić information content (AvgIpc) is 2.07. The summed E-state index contributed by atoms with van der Waals surface area (Å²) in [6, 6.07) is 3.27. The molecule has 0 amide bonds. The van der Waals surface area contributed by atoms with E-state index in [4.69, 9.17) is 28.3 Å². The van der Waals surface area contributed by atoms with Gasteiger partial charge in [0.05, 0.1) is 10.0 Å². The first-order valence-electron chi connectivity index (χ1n) is 3.52. The van der Waals surface area contributed by atoms with Crippen LogP contribution in [0.5, 0.6) is 0 Å². The van der Waals surface area contributed by atoms with Crippen LogP contribution >= 0.6 is 23.2 Å². The smallest absolute Gasteiger partial charge is 0.379 e. The van der Waals surface area contributed by atoms with Gasteiger partial charge in [-0.05, 0) is 17.7 Å². The van der Waals surface area contributed by atoms with Gasteiger partial charge in [-0.15, -0.1) is 0 Å². The topological polar surface area (TPSA) is 20.2 Å². The van der Waals surface area contributed by atoms with Gasteiger partial charge in [0.15, 0.2) is 6.10 Å². The minimum absolute atomic E-state index is 0.0209. The lowest BCUT2D eigenvalue weighted by molar-refractivity contribution is -0.206. The van der Waals surface area contributed by atoms with Crippen molar-refractivity contribution in [2.45, 2.75) is 12.3 Å². The summed E-state index contributed by atoms with van der Waals surface area (Å²) in [6.45, 7) is 0. The number of alkyl halides is 3. The molecule has 0 aliphatic carbocycles. The van der Waals surface area contributed by atoms with E-state index in [1.807, 2.05) is 0 Å². The Kier molecular flexibility index (Phi) is 3.29. The Morgan fingerprint density at radius 2 is 1.71 bits per heavy atom. The van der Waals surface area contributed by atoms with E-state index in [2.05, 4.69) is 0 Å². The van der Waals surface area contributed by atoms with Crippen LogP contribution in [0.2, 0.25) is 10.0 Å². The first-order chi connectivity index (χ1) is 6.32. The van der Waals surface area contributed by atoms with Crippen LogP contribution in [-0.4, -0.2) is 11.3 Å². The van der Waals surface area contributed by atoms with Crippen molar-refractivity contribution in [3.8, 4) is 0 Å². The van der Waals surface area contributed by atoms with Crippen molar-refractivity contribution in [2.75, 3.05) is 0 Å². The van der Waals surface area contributed by atoms with Crippen LogP contribution in [0.4, 0.5) is 13.2 Å². The van der Waals surface area contributed by atoms with Crippen molar-refractivity contribution in [1.82, 2.24) is 0 Å². The summed E-state index contributed by atoms with van der Waals surface area (Å²) in [6.07, 6.45) is -7.23. The molecule has 0 saturated heterocycles. The van der Waals surface area contributed by atoms with Gasteiger partial charge in [0.1, 0.15) is 0 Å². The second kappa shape index (κ2) is 3.96. The molecule has 0 fully saturated rings. The molecule has 0 heterocycles.